The molecule has 0 fully saturated rings. The molecule has 0 bridgehead atoms. The zero-order valence-corrected chi connectivity index (χ0v) is 10.8. The van der Waals surface area contributed by atoms with Crippen molar-refractivity contribution >= 4 is 11.7 Å². The number of ketones is 1. The van der Waals surface area contributed by atoms with Crippen molar-refractivity contribution in [1.29, 1.82) is 0 Å². The highest BCUT2D eigenvalue weighted by molar-refractivity contribution is 5.98. The van der Waals surface area contributed by atoms with E-state index in [4.69, 9.17) is 0 Å². The second kappa shape index (κ2) is 5.13. The summed E-state index contributed by atoms with van der Waals surface area (Å²) in [5.74, 6) is -0.239. The van der Waals surface area contributed by atoms with Gasteiger partial charge in [0.1, 0.15) is 5.78 Å². The highest BCUT2D eigenvalue weighted by atomic mass is 16.2. The van der Waals surface area contributed by atoms with Crippen molar-refractivity contribution in [3.05, 3.63) is 35.4 Å². The van der Waals surface area contributed by atoms with Crippen molar-refractivity contribution in [1.82, 2.24) is 5.32 Å². The molecule has 1 N–H and O–H groups in total. The Kier molecular flexibility index (Phi) is 4.05. The fourth-order valence-corrected chi connectivity index (χ4v) is 1.64. The molecule has 0 unspecified atom stereocenters. The first-order valence-electron chi connectivity index (χ1n) is 5.69. The molecule has 0 atom stereocenters. The van der Waals surface area contributed by atoms with Gasteiger partial charge in [-0.05, 0) is 24.0 Å². The van der Waals surface area contributed by atoms with Gasteiger partial charge in [-0.15, -0.1) is 0 Å². The maximum atomic E-state index is 12.0. The van der Waals surface area contributed by atoms with E-state index in [0.29, 0.717) is 5.56 Å². The zero-order valence-electron chi connectivity index (χ0n) is 10.8. The number of rotatable bonds is 3. The average molecular weight is 233 g/mol. The van der Waals surface area contributed by atoms with Crippen molar-refractivity contribution in [2.75, 3.05) is 6.54 Å². The first-order valence-corrected chi connectivity index (χ1v) is 5.69. The Bertz CT molecular complexity index is 430. The minimum absolute atomic E-state index is 0.0495. The molecule has 17 heavy (non-hydrogen) atoms. The molecule has 0 saturated heterocycles. The molecule has 1 aromatic carbocycles. The summed E-state index contributed by atoms with van der Waals surface area (Å²) in [7, 11) is 0. The number of nitrogens with one attached hydrogen (secondary N) is 1. The lowest BCUT2D eigenvalue weighted by atomic mass is 9.83. The van der Waals surface area contributed by atoms with Crippen LogP contribution in [0.3, 0.4) is 0 Å². The van der Waals surface area contributed by atoms with E-state index in [9.17, 15) is 9.59 Å². The number of hydrogen-bond acceptors (Lipinski definition) is 2. The van der Waals surface area contributed by atoms with E-state index >= 15 is 0 Å². The predicted octanol–water partition coefficient (Wildman–Crippen LogP) is 2.30. The smallest absolute Gasteiger partial charge is 0.251 e. The van der Waals surface area contributed by atoms with Crippen molar-refractivity contribution < 1.29 is 9.59 Å². The zero-order chi connectivity index (χ0) is 13.1. The number of carbonyl (C=O) groups excluding carboxylic acids is 2. The monoisotopic (exact) mass is 233 g/mol. The van der Waals surface area contributed by atoms with Gasteiger partial charge in [-0.3, -0.25) is 9.59 Å². The molecular weight excluding hydrogens is 214 g/mol. The standard InChI is InChI=1S/C14H19NO2/c1-10(16)9-15-13(17)11-7-5-6-8-12(11)14(2,3)4/h5-8H,9H2,1-4H3,(H,15,17). The summed E-state index contributed by atoms with van der Waals surface area (Å²) in [5, 5.41) is 2.62. The first kappa shape index (κ1) is 13.4. The Labute approximate surface area is 102 Å². The molecule has 0 heterocycles. The van der Waals surface area contributed by atoms with Gasteiger partial charge in [0.05, 0.1) is 6.54 Å². The van der Waals surface area contributed by atoms with Gasteiger partial charge in [0.25, 0.3) is 5.91 Å². The molecule has 0 radical (unpaired) electrons. The third-order valence-corrected chi connectivity index (χ3v) is 2.48. The van der Waals surface area contributed by atoms with E-state index in [1.807, 2.05) is 18.2 Å². The van der Waals surface area contributed by atoms with Gasteiger partial charge >= 0.3 is 0 Å². The molecule has 1 amide bonds. The lowest BCUT2D eigenvalue weighted by molar-refractivity contribution is -0.116. The second-order valence-electron chi connectivity index (χ2n) is 5.18. The van der Waals surface area contributed by atoms with Crippen LogP contribution in [0, 0.1) is 0 Å². The number of amides is 1. The Morgan fingerprint density at radius 3 is 2.29 bits per heavy atom. The Morgan fingerprint density at radius 1 is 1.18 bits per heavy atom. The molecule has 0 aliphatic carbocycles. The van der Waals surface area contributed by atoms with Crippen LogP contribution in [0.5, 0.6) is 0 Å². The lowest BCUT2D eigenvalue weighted by Crippen LogP contribution is -2.30. The van der Waals surface area contributed by atoms with Gasteiger partial charge in [0, 0.05) is 5.56 Å². The van der Waals surface area contributed by atoms with E-state index in [1.165, 1.54) is 6.92 Å². The summed E-state index contributed by atoms with van der Waals surface area (Å²) in [5.41, 5.74) is 1.53. The third-order valence-electron chi connectivity index (χ3n) is 2.48. The van der Waals surface area contributed by atoms with Crippen LogP contribution in [0.1, 0.15) is 43.6 Å². The molecule has 0 aromatic heterocycles. The van der Waals surface area contributed by atoms with Gasteiger partial charge in [0.2, 0.25) is 0 Å². The van der Waals surface area contributed by atoms with E-state index < -0.39 is 0 Å². The topological polar surface area (TPSA) is 46.2 Å². The van der Waals surface area contributed by atoms with Crippen molar-refractivity contribution in [3.63, 3.8) is 0 Å². The minimum Gasteiger partial charge on any atom is -0.345 e. The molecule has 1 aromatic rings. The summed E-state index contributed by atoms with van der Waals surface area (Å²) < 4.78 is 0. The normalized spacial score (nSPS) is 11.1. The molecule has 92 valence electrons. The molecule has 0 spiro atoms. The molecular formula is C14H19NO2. The van der Waals surface area contributed by atoms with E-state index in [0.717, 1.165) is 5.56 Å². The predicted molar refractivity (Wildman–Crippen MR) is 68.2 cm³/mol. The van der Waals surface area contributed by atoms with Gasteiger partial charge in [-0.25, -0.2) is 0 Å². The fraction of sp³-hybridized carbons (Fsp3) is 0.429. The number of hydrogen-bond donors (Lipinski definition) is 1. The summed E-state index contributed by atoms with van der Waals surface area (Å²) >= 11 is 0. The number of Topliss-reactive ketones (excluding diaryl/α,β-unsaturated/α-hetero) is 1. The fourth-order valence-electron chi connectivity index (χ4n) is 1.64. The van der Waals surface area contributed by atoms with Gasteiger partial charge in [-0.2, -0.15) is 0 Å². The van der Waals surface area contributed by atoms with Crippen LogP contribution in [0.15, 0.2) is 24.3 Å². The van der Waals surface area contributed by atoms with Crippen LogP contribution in [0.2, 0.25) is 0 Å². The average Bonchev–Trinajstić information content (AvgIpc) is 2.24. The molecule has 1 rings (SSSR count). The minimum atomic E-state index is -0.189. The summed E-state index contributed by atoms with van der Waals surface area (Å²) in [4.78, 5) is 22.8. The van der Waals surface area contributed by atoms with Crippen LogP contribution in [-0.2, 0) is 10.2 Å². The molecule has 0 saturated carbocycles. The highest BCUT2D eigenvalue weighted by Crippen LogP contribution is 2.25. The van der Waals surface area contributed by atoms with Crippen LogP contribution in [0.4, 0.5) is 0 Å². The summed E-state index contributed by atoms with van der Waals surface area (Å²) in [6, 6.07) is 7.49. The van der Waals surface area contributed by atoms with E-state index in [-0.39, 0.29) is 23.7 Å². The van der Waals surface area contributed by atoms with Gasteiger partial charge in [-0.1, -0.05) is 39.0 Å². The second-order valence-corrected chi connectivity index (χ2v) is 5.18. The Hall–Kier alpha value is -1.64. The molecule has 0 aliphatic rings. The van der Waals surface area contributed by atoms with Crippen LogP contribution >= 0.6 is 0 Å². The largest absolute Gasteiger partial charge is 0.345 e. The lowest BCUT2D eigenvalue weighted by Gasteiger charge is -2.22. The van der Waals surface area contributed by atoms with Crippen LogP contribution in [0.25, 0.3) is 0 Å². The third kappa shape index (κ3) is 3.70. The van der Waals surface area contributed by atoms with E-state index in [1.54, 1.807) is 6.07 Å². The van der Waals surface area contributed by atoms with Crippen LogP contribution < -0.4 is 5.32 Å². The van der Waals surface area contributed by atoms with E-state index in [2.05, 4.69) is 26.1 Å². The van der Waals surface area contributed by atoms with Crippen molar-refractivity contribution in [2.45, 2.75) is 33.1 Å². The molecule has 3 nitrogen and oxygen atoms in total. The molecule has 0 aliphatic heterocycles. The quantitative estimate of drug-likeness (QED) is 0.870. The Morgan fingerprint density at radius 2 is 1.76 bits per heavy atom. The summed E-state index contributed by atoms with van der Waals surface area (Å²) in [6.45, 7) is 7.71. The molecule has 3 heteroatoms. The number of carbonyl (C=O) groups is 2. The SMILES string of the molecule is CC(=O)CNC(=O)c1ccccc1C(C)(C)C. The van der Waals surface area contributed by atoms with Crippen LogP contribution in [-0.4, -0.2) is 18.2 Å². The highest BCUT2D eigenvalue weighted by Gasteiger charge is 2.20. The maximum Gasteiger partial charge on any atom is 0.251 e. The van der Waals surface area contributed by atoms with Crippen molar-refractivity contribution in [3.8, 4) is 0 Å². The van der Waals surface area contributed by atoms with Gasteiger partial charge in [0.15, 0.2) is 0 Å². The van der Waals surface area contributed by atoms with Crippen molar-refractivity contribution in [2.24, 2.45) is 0 Å². The first-order chi connectivity index (χ1) is 7.82. The van der Waals surface area contributed by atoms with Gasteiger partial charge < -0.3 is 5.32 Å². The maximum absolute atomic E-state index is 12.0. The summed E-state index contributed by atoms with van der Waals surface area (Å²) in [6.07, 6.45) is 0. The number of benzene rings is 1. The Balaban J connectivity index is 2.98.